The summed E-state index contributed by atoms with van der Waals surface area (Å²) in [7, 11) is 0. The van der Waals surface area contributed by atoms with Gasteiger partial charge in [-0.15, -0.1) is 0 Å². The van der Waals surface area contributed by atoms with Crippen molar-refractivity contribution in [2.24, 2.45) is 0 Å². The summed E-state index contributed by atoms with van der Waals surface area (Å²) in [5.41, 5.74) is 22.9. The minimum Gasteiger partial charge on any atom is -0.310 e. The summed E-state index contributed by atoms with van der Waals surface area (Å²) in [6, 6.07) is 92.5. The van der Waals surface area contributed by atoms with E-state index in [0.717, 1.165) is 28.4 Å². The SMILES string of the molecule is c1ccc(N2c3ccccc3-c3ccc(N(c4ccc5c(c4)C4(c6ccccc6-c6ccccc64)c4ccccc4-5)c4ccc5c(c4)c4ccccc4n5-c4ccccc4)c4cccc2c34)cc1. The van der Waals surface area contributed by atoms with E-state index in [4.69, 9.17) is 0 Å². The molecule has 0 unspecified atom stereocenters. The molecule has 0 saturated heterocycles. The summed E-state index contributed by atoms with van der Waals surface area (Å²) >= 11 is 0. The lowest BCUT2D eigenvalue weighted by Crippen LogP contribution is -2.26. The van der Waals surface area contributed by atoms with E-state index in [2.05, 4.69) is 263 Å². The normalized spacial score (nSPS) is 13.4. The van der Waals surface area contributed by atoms with Crippen molar-refractivity contribution in [2.45, 2.75) is 5.41 Å². The van der Waals surface area contributed by atoms with Crippen LogP contribution in [0.5, 0.6) is 0 Å². The molecule has 0 atom stereocenters. The number of nitrogens with zero attached hydrogens (tertiary/aromatic N) is 3. The van der Waals surface area contributed by atoms with Gasteiger partial charge >= 0.3 is 0 Å². The van der Waals surface area contributed by atoms with Crippen LogP contribution < -0.4 is 9.80 Å². The average Bonchev–Trinajstić information content (AvgIpc) is 4.01. The van der Waals surface area contributed by atoms with Gasteiger partial charge in [-0.3, -0.25) is 0 Å². The maximum atomic E-state index is 2.54. The maximum absolute atomic E-state index is 2.54. The van der Waals surface area contributed by atoms with Crippen LogP contribution >= 0.6 is 0 Å². The zero-order valence-corrected chi connectivity index (χ0v) is 37.0. The van der Waals surface area contributed by atoms with E-state index in [-0.39, 0.29) is 0 Å². The molecule has 1 aromatic heterocycles. The zero-order valence-electron chi connectivity index (χ0n) is 37.0. The summed E-state index contributed by atoms with van der Waals surface area (Å²) in [6.07, 6.45) is 0. The van der Waals surface area contributed by atoms with E-state index >= 15 is 0 Å². The molecule has 2 aliphatic carbocycles. The molecule has 0 saturated carbocycles. The molecule has 1 aliphatic heterocycles. The largest absolute Gasteiger partial charge is 0.310 e. The monoisotopic (exact) mass is 863 g/mol. The summed E-state index contributed by atoms with van der Waals surface area (Å²) in [5.74, 6) is 0. The number of rotatable bonds is 5. The van der Waals surface area contributed by atoms with E-state index in [9.17, 15) is 0 Å². The molecule has 12 aromatic rings. The van der Waals surface area contributed by atoms with Crippen LogP contribution in [0.4, 0.5) is 34.1 Å². The molecule has 68 heavy (non-hydrogen) atoms. The Morgan fingerprint density at radius 1 is 0.309 bits per heavy atom. The Kier molecular flexibility index (Phi) is 7.71. The van der Waals surface area contributed by atoms with E-state index in [1.807, 2.05) is 0 Å². The molecule has 0 amide bonds. The molecule has 11 aromatic carbocycles. The van der Waals surface area contributed by atoms with Gasteiger partial charge in [0, 0.05) is 49.9 Å². The first-order valence-electron chi connectivity index (χ1n) is 23.6. The third kappa shape index (κ3) is 4.92. The lowest BCUT2D eigenvalue weighted by atomic mass is 9.70. The Balaban J connectivity index is 1.03. The molecule has 0 bridgehead atoms. The topological polar surface area (TPSA) is 11.4 Å². The lowest BCUT2D eigenvalue weighted by Gasteiger charge is -2.35. The molecule has 3 heteroatoms. The highest BCUT2D eigenvalue weighted by atomic mass is 15.2. The first-order chi connectivity index (χ1) is 33.8. The van der Waals surface area contributed by atoms with E-state index in [0.29, 0.717) is 0 Å². The third-order valence-corrected chi connectivity index (χ3v) is 15.1. The number of hydrogen-bond donors (Lipinski definition) is 0. The van der Waals surface area contributed by atoms with Crippen molar-refractivity contribution in [3.05, 3.63) is 271 Å². The molecule has 0 radical (unpaired) electrons. The third-order valence-electron chi connectivity index (χ3n) is 15.1. The predicted molar refractivity (Wildman–Crippen MR) is 283 cm³/mol. The van der Waals surface area contributed by atoms with Crippen LogP contribution in [-0.4, -0.2) is 4.57 Å². The Labute approximate surface area is 394 Å². The van der Waals surface area contributed by atoms with Crippen molar-refractivity contribution in [3.8, 4) is 39.1 Å². The van der Waals surface area contributed by atoms with Gasteiger partial charge < -0.3 is 14.4 Å². The van der Waals surface area contributed by atoms with Gasteiger partial charge in [0.1, 0.15) is 0 Å². The highest BCUT2D eigenvalue weighted by Gasteiger charge is 2.51. The van der Waals surface area contributed by atoms with E-state index in [1.165, 1.54) is 99.6 Å². The molecule has 0 N–H and O–H groups in total. The fourth-order valence-electron chi connectivity index (χ4n) is 12.5. The molecule has 3 aliphatic rings. The van der Waals surface area contributed by atoms with Gasteiger partial charge in [0.05, 0.1) is 33.5 Å². The summed E-state index contributed by atoms with van der Waals surface area (Å²) in [6.45, 7) is 0. The van der Waals surface area contributed by atoms with Gasteiger partial charge in [-0.1, -0.05) is 170 Å². The van der Waals surface area contributed by atoms with Crippen molar-refractivity contribution in [3.63, 3.8) is 0 Å². The smallest absolute Gasteiger partial charge is 0.0726 e. The number of benzene rings is 11. The molecule has 1 spiro atoms. The quantitative estimate of drug-likeness (QED) is 0.171. The number of hydrogen-bond acceptors (Lipinski definition) is 2. The maximum Gasteiger partial charge on any atom is 0.0726 e. The Hall–Kier alpha value is -8.92. The highest BCUT2D eigenvalue weighted by Crippen LogP contribution is 2.64. The molecular weight excluding hydrogens is 823 g/mol. The lowest BCUT2D eigenvalue weighted by molar-refractivity contribution is 0.793. The molecule has 0 fully saturated rings. The second kappa shape index (κ2) is 14.0. The van der Waals surface area contributed by atoms with Crippen LogP contribution in [-0.2, 0) is 5.41 Å². The summed E-state index contributed by atoms with van der Waals surface area (Å²) in [5, 5.41) is 4.87. The molecule has 3 nitrogen and oxygen atoms in total. The van der Waals surface area contributed by atoms with E-state index < -0.39 is 5.41 Å². The van der Waals surface area contributed by atoms with Crippen LogP contribution in [0.15, 0.2) is 249 Å². The van der Waals surface area contributed by atoms with Crippen LogP contribution in [0.1, 0.15) is 22.3 Å². The van der Waals surface area contributed by atoms with Gasteiger partial charge in [-0.2, -0.15) is 0 Å². The zero-order chi connectivity index (χ0) is 44.5. The van der Waals surface area contributed by atoms with Crippen LogP contribution in [0.25, 0.3) is 71.6 Å². The average molecular weight is 864 g/mol. The Bertz CT molecular complexity index is 3990. The minimum absolute atomic E-state index is 0.478. The molecule has 15 rings (SSSR count). The molecule has 316 valence electrons. The van der Waals surface area contributed by atoms with Gasteiger partial charge in [0.25, 0.3) is 0 Å². The van der Waals surface area contributed by atoms with Crippen molar-refractivity contribution in [2.75, 3.05) is 9.80 Å². The summed E-state index contributed by atoms with van der Waals surface area (Å²) < 4.78 is 2.40. The number of para-hydroxylation sites is 4. The van der Waals surface area contributed by atoms with Gasteiger partial charge in [0.15, 0.2) is 0 Å². The second-order valence-electron chi connectivity index (χ2n) is 18.4. The standard InChI is InChI=1S/C65H41N3/c1-3-18-42(19-4-1)67-60-32-16-11-26-51(60)54-40-44(35-38-62(54)67)66(61-39-37-52-50-25-10-15-31-59(50)68(43-20-5-2-6-21-43)63-33-17-27-53(61)64(52)63)45-34-36-49-48-24-9-14-30-57(48)65(58(49)41-45)55-28-12-7-22-46(55)47-23-8-13-29-56(47)65/h1-41H. The van der Waals surface area contributed by atoms with Crippen LogP contribution in [0.2, 0.25) is 0 Å². The fourth-order valence-corrected chi connectivity index (χ4v) is 12.5. The molecule has 2 heterocycles. The summed E-state index contributed by atoms with van der Waals surface area (Å²) in [4.78, 5) is 4.97. The van der Waals surface area contributed by atoms with E-state index in [1.54, 1.807) is 0 Å². The van der Waals surface area contributed by atoms with Crippen LogP contribution in [0.3, 0.4) is 0 Å². The van der Waals surface area contributed by atoms with Gasteiger partial charge in [-0.25, -0.2) is 0 Å². The van der Waals surface area contributed by atoms with Crippen molar-refractivity contribution in [1.82, 2.24) is 4.57 Å². The van der Waals surface area contributed by atoms with Gasteiger partial charge in [0.2, 0.25) is 0 Å². The first-order valence-corrected chi connectivity index (χ1v) is 23.6. The Morgan fingerprint density at radius 2 is 0.824 bits per heavy atom. The first kappa shape index (κ1) is 37.3. The number of aromatic nitrogens is 1. The van der Waals surface area contributed by atoms with Crippen molar-refractivity contribution < 1.29 is 0 Å². The van der Waals surface area contributed by atoms with Crippen molar-refractivity contribution in [1.29, 1.82) is 0 Å². The highest BCUT2D eigenvalue weighted by molar-refractivity contribution is 6.18. The van der Waals surface area contributed by atoms with Crippen molar-refractivity contribution >= 4 is 66.7 Å². The Morgan fingerprint density at radius 3 is 1.54 bits per heavy atom. The molecular formula is C65H41N3. The predicted octanol–water partition coefficient (Wildman–Crippen LogP) is 17.2. The second-order valence-corrected chi connectivity index (χ2v) is 18.4. The van der Waals surface area contributed by atoms with Gasteiger partial charge in [-0.05, 0) is 129 Å². The minimum atomic E-state index is -0.478. The number of anilines is 6. The fraction of sp³-hybridized carbons (Fsp3) is 0.0154. The number of fused-ring (bicyclic) bond motifs is 15. The van der Waals surface area contributed by atoms with Crippen LogP contribution in [0, 0.1) is 0 Å².